The lowest BCUT2D eigenvalue weighted by Crippen LogP contribution is -2.16. The second kappa shape index (κ2) is 5.23. The molecule has 0 atom stereocenters. The number of thioether (sulfide) groups is 1. The Morgan fingerprint density at radius 3 is 2.50 bits per heavy atom. The monoisotopic (exact) mass is 208 g/mol. The minimum absolute atomic E-state index is 0.603. The maximum absolute atomic E-state index is 9.45. The quantitative estimate of drug-likeness (QED) is 0.765. The van der Waals surface area contributed by atoms with Crippen LogP contribution < -0.4 is 0 Å². The fraction of sp³-hybridized carbons (Fsp3) is 0.333. The summed E-state index contributed by atoms with van der Waals surface area (Å²) < 4.78 is 0. The number of aliphatic hydroxyl groups is 1. The van der Waals surface area contributed by atoms with Crippen molar-refractivity contribution in [3.05, 3.63) is 41.8 Å². The summed E-state index contributed by atoms with van der Waals surface area (Å²) in [5.74, 6) is 0. The molecule has 76 valence electrons. The number of rotatable bonds is 4. The molecular weight excluding hydrogens is 192 g/mol. The maximum Gasteiger partial charge on any atom is 0.0626 e. The molecule has 2 heteroatoms. The molecule has 1 aromatic rings. The third-order valence-electron chi connectivity index (χ3n) is 1.66. The smallest absolute Gasteiger partial charge is 0.0626 e. The lowest BCUT2D eigenvalue weighted by atomic mass is 10.1. The van der Waals surface area contributed by atoms with Crippen molar-refractivity contribution < 1.29 is 5.11 Å². The molecule has 0 aliphatic rings. The highest BCUT2D eigenvalue weighted by Crippen LogP contribution is 2.19. The van der Waals surface area contributed by atoms with Gasteiger partial charge in [0, 0.05) is 4.90 Å². The van der Waals surface area contributed by atoms with Crippen molar-refractivity contribution in [3.8, 4) is 0 Å². The number of benzene rings is 1. The average molecular weight is 208 g/mol. The van der Waals surface area contributed by atoms with Gasteiger partial charge in [-0.15, -0.1) is 0 Å². The Morgan fingerprint density at radius 1 is 1.29 bits per heavy atom. The van der Waals surface area contributed by atoms with Crippen LogP contribution in [0.25, 0.3) is 0 Å². The zero-order chi connectivity index (χ0) is 10.4. The van der Waals surface area contributed by atoms with Crippen molar-refractivity contribution in [2.24, 2.45) is 0 Å². The second-order valence-corrected chi connectivity index (χ2v) is 4.80. The lowest BCUT2D eigenvalue weighted by Gasteiger charge is -2.13. The summed E-state index contributed by atoms with van der Waals surface area (Å²) in [4.78, 5) is 1.22. The van der Waals surface area contributed by atoms with Gasteiger partial charge in [-0.1, -0.05) is 36.0 Å². The SMILES string of the molecule is CC(C)(O)CC=CSc1ccccc1. The highest BCUT2D eigenvalue weighted by molar-refractivity contribution is 8.02. The second-order valence-electron chi connectivity index (χ2n) is 3.82. The van der Waals surface area contributed by atoms with Crippen molar-refractivity contribution in [3.63, 3.8) is 0 Å². The summed E-state index contributed by atoms with van der Waals surface area (Å²) >= 11 is 1.67. The van der Waals surface area contributed by atoms with Crippen LogP contribution in [0.1, 0.15) is 20.3 Å². The number of hydrogen-bond acceptors (Lipinski definition) is 2. The molecule has 0 unspecified atom stereocenters. The third-order valence-corrected chi connectivity index (χ3v) is 2.53. The normalized spacial score (nSPS) is 12.2. The Labute approximate surface area is 89.8 Å². The van der Waals surface area contributed by atoms with Crippen molar-refractivity contribution in [2.75, 3.05) is 0 Å². The van der Waals surface area contributed by atoms with Gasteiger partial charge in [0.25, 0.3) is 0 Å². The van der Waals surface area contributed by atoms with Crippen LogP contribution in [-0.2, 0) is 0 Å². The average Bonchev–Trinajstić information content (AvgIpc) is 2.13. The zero-order valence-electron chi connectivity index (χ0n) is 8.60. The summed E-state index contributed by atoms with van der Waals surface area (Å²) in [5.41, 5.74) is -0.603. The first-order valence-electron chi connectivity index (χ1n) is 4.67. The molecule has 0 aliphatic carbocycles. The highest BCUT2D eigenvalue weighted by atomic mass is 32.2. The molecule has 14 heavy (non-hydrogen) atoms. The standard InChI is InChI=1S/C12H16OS/c1-12(2,13)9-6-10-14-11-7-4-3-5-8-11/h3-8,10,13H,9H2,1-2H3. The molecule has 0 radical (unpaired) electrons. The molecule has 0 fully saturated rings. The van der Waals surface area contributed by atoms with E-state index in [1.807, 2.05) is 43.5 Å². The van der Waals surface area contributed by atoms with Gasteiger partial charge in [-0.3, -0.25) is 0 Å². The Balaban J connectivity index is 2.35. The van der Waals surface area contributed by atoms with Crippen LogP contribution in [-0.4, -0.2) is 10.7 Å². The molecule has 0 bridgehead atoms. The Kier molecular flexibility index (Phi) is 4.23. The summed E-state index contributed by atoms with van der Waals surface area (Å²) in [6.45, 7) is 3.62. The molecule has 0 heterocycles. The van der Waals surface area contributed by atoms with E-state index in [0.29, 0.717) is 6.42 Å². The molecule has 1 rings (SSSR count). The van der Waals surface area contributed by atoms with Gasteiger partial charge in [-0.05, 0) is 37.8 Å². The van der Waals surface area contributed by atoms with Crippen LogP contribution in [0.2, 0.25) is 0 Å². The van der Waals surface area contributed by atoms with Crippen LogP contribution >= 0.6 is 11.8 Å². The van der Waals surface area contributed by atoms with Gasteiger partial charge in [0.05, 0.1) is 5.60 Å². The van der Waals surface area contributed by atoms with Gasteiger partial charge in [-0.2, -0.15) is 0 Å². The first kappa shape index (κ1) is 11.3. The molecule has 1 nitrogen and oxygen atoms in total. The van der Waals surface area contributed by atoms with Gasteiger partial charge >= 0.3 is 0 Å². The molecule has 1 aromatic carbocycles. The van der Waals surface area contributed by atoms with E-state index in [4.69, 9.17) is 0 Å². The predicted molar refractivity (Wildman–Crippen MR) is 62.4 cm³/mol. The van der Waals surface area contributed by atoms with Crippen molar-refractivity contribution in [1.82, 2.24) is 0 Å². The Hall–Kier alpha value is -0.730. The summed E-state index contributed by atoms with van der Waals surface area (Å²) in [6, 6.07) is 10.2. The number of hydrogen-bond donors (Lipinski definition) is 1. The summed E-state index contributed by atoms with van der Waals surface area (Å²) in [5, 5.41) is 11.5. The zero-order valence-corrected chi connectivity index (χ0v) is 9.42. The summed E-state index contributed by atoms with van der Waals surface area (Å²) in [6.07, 6.45) is 2.69. The van der Waals surface area contributed by atoms with Gasteiger partial charge in [-0.25, -0.2) is 0 Å². The fourth-order valence-corrected chi connectivity index (χ4v) is 1.63. The largest absolute Gasteiger partial charge is 0.390 e. The van der Waals surface area contributed by atoms with E-state index < -0.39 is 5.60 Å². The minimum atomic E-state index is -0.603. The molecule has 0 aliphatic heterocycles. The van der Waals surface area contributed by atoms with Crippen LogP contribution in [0.4, 0.5) is 0 Å². The maximum atomic E-state index is 9.45. The first-order chi connectivity index (χ1) is 6.58. The van der Waals surface area contributed by atoms with Crippen molar-refractivity contribution >= 4 is 11.8 Å². The minimum Gasteiger partial charge on any atom is -0.390 e. The van der Waals surface area contributed by atoms with Crippen molar-refractivity contribution in [1.29, 1.82) is 0 Å². The Morgan fingerprint density at radius 2 is 1.93 bits per heavy atom. The molecule has 0 saturated carbocycles. The lowest BCUT2D eigenvalue weighted by molar-refractivity contribution is 0.0839. The van der Waals surface area contributed by atoms with E-state index in [0.717, 1.165) is 0 Å². The van der Waals surface area contributed by atoms with Gasteiger partial charge in [0.1, 0.15) is 0 Å². The molecule has 1 N–H and O–H groups in total. The molecule has 0 amide bonds. The van der Waals surface area contributed by atoms with E-state index in [1.54, 1.807) is 11.8 Å². The van der Waals surface area contributed by atoms with Crippen LogP contribution in [0.5, 0.6) is 0 Å². The topological polar surface area (TPSA) is 20.2 Å². The summed E-state index contributed by atoms with van der Waals surface area (Å²) in [7, 11) is 0. The van der Waals surface area contributed by atoms with E-state index in [-0.39, 0.29) is 0 Å². The molecule has 0 saturated heterocycles. The predicted octanol–water partition coefficient (Wildman–Crippen LogP) is 3.45. The van der Waals surface area contributed by atoms with E-state index in [1.165, 1.54) is 4.90 Å². The highest BCUT2D eigenvalue weighted by Gasteiger charge is 2.08. The van der Waals surface area contributed by atoms with Crippen LogP contribution in [0.3, 0.4) is 0 Å². The van der Waals surface area contributed by atoms with E-state index >= 15 is 0 Å². The van der Waals surface area contributed by atoms with Gasteiger partial charge in [0.2, 0.25) is 0 Å². The molecule has 0 spiro atoms. The Bertz CT molecular complexity index is 285. The fourth-order valence-electron chi connectivity index (χ4n) is 0.962. The first-order valence-corrected chi connectivity index (χ1v) is 5.55. The third kappa shape index (κ3) is 5.10. The van der Waals surface area contributed by atoms with Crippen LogP contribution in [0.15, 0.2) is 46.7 Å². The van der Waals surface area contributed by atoms with E-state index in [2.05, 4.69) is 12.1 Å². The van der Waals surface area contributed by atoms with Gasteiger partial charge in [0.15, 0.2) is 0 Å². The van der Waals surface area contributed by atoms with Crippen LogP contribution in [0, 0.1) is 0 Å². The van der Waals surface area contributed by atoms with E-state index in [9.17, 15) is 5.11 Å². The molecular formula is C12H16OS. The van der Waals surface area contributed by atoms with Crippen molar-refractivity contribution in [2.45, 2.75) is 30.8 Å². The molecule has 0 aromatic heterocycles. The van der Waals surface area contributed by atoms with Gasteiger partial charge < -0.3 is 5.11 Å².